The smallest absolute Gasteiger partial charge is 0.328 e. The maximum atomic E-state index is 9.55. The molecule has 258 valence electrons. The quantitative estimate of drug-likeness (QED) is 0.182. The molecule has 0 bridgehead atoms. The fraction of sp³-hybridized carbons (Fsp3) is 0.250. The first-order chi connectivity index (χ1) is 24.2. The minimum atomic E-state index is -1.26. The molecule has 0 spiro atoms. The van der Waals surface area contributed by atoms with Gasteiger partial charge in [-0.3, -0.25) is 0 Å². The monoisotopic (exact) mass is 693 g/mol. The molecule has 4 aromatic carbocycles. The van der Waals surface area contributed by atoms with Gasteiger partial charge in [0.25, 0.3) is 0 Å². The molecule has 0 aromatic heterocycles. The third-order valence-electron chi connectivity index (χ3n) is 9.03. The molecule has 0 saturated carbocycles. The summed E-state index contributed by atoms with van der Waals surface area (Å²) in [4.78, 5) is 24.3. The highest BCUT2D eigenvalue weighted by atomic mass is 32.2. The summed E-state index contributed by atoms with van der Waals surface area (Å²) in [6, 6.07) is 29.6. The van der Waals surface area contributed by atoms with Crippen molar-refractivity contribution in [2.45, 2.75) is 34.7 Å². The molecule has 1 saturated heterocycles. The van der Waals surface area contributed by atoms with Crippen LogP contribution in [0.25, 0.3) is 5.57 Å². The molecule has 2 atom stereocenters. The summed E-state index contributed by atoms with van der Waals surface area (Å²) < 4.78 is 22.6. The number of fused-ring (bicyclic) bond motifs is 7. The Morgan fingerprint density at radius 1 is 0.780 bits per heavy atom. The van der Waals surface area contributed by atoms with E-state index in [0.29, 0.717) is 18.8 Å². The van der Waals surface area contributed by atoms with E-state index in [1.54, 1.807) is 19.8 Å². The van der Waals surface area contributed by atoms with Crippen LogP contribution in [0.5, 0.6) is 23.0 Å². The van der Waals surface area contributed by atoms with Gasteiger partial charge in [-0.15, -0.1) is 0 Å². The third-order valence-corrected chi connectivity index (χ3v) is 10.2. The molecule has 4 aromatic rings. The zero-order valence-corrected chi connectivity index (χ0v) is 28.9. The van der Waals surface area contributed by atoms with Crippen LogP contribution in [0.15, 0.2) is 112 Å². The molecule has 4 heterocycles. The lowest BCUT2D eigenvalue weighted by Crippen LogP contribution is -2.27. The van der Waals surface area contributed by atoms with E-state index in [4.69, 9.17) is 29.2 Å². The number of rotatable bonds is 4. The molecule has 4 aliphatic rings. The summed E-state index contributed by atoms with van der Waals surface area (Å²) in [6.45, 7) is 2.97. The third kappa shape index (κ3) is 7.66. The minimum absolute atomic E-state index is 0.00163. The molecule has 0 aliphatic carbocycles. The Kier molecular flexibility index (Phi) is 10.8. The van der Waals surface area contributed by atoms with E-state index in [-0.39, 0.29) is 12.0 Å². The van der Waals surface area contributed by atoms with Crippen LogP contribution in [0.2, 0.25) is 0 Å². The van der Waals surface area contributed by atoms with Gasteiger partial charge in [0.2, 0.25) is 0 Å². The second-order valence-electron chi connectivity index (χ2n) is 12.1. The first kappa shape index (κ1) is 34.7. The highest BCUT2D eigenvalue weighted by Gasteiger charge is 2.41. The summed E-state index contributed by atoms with van der Waals surface area (Å²) in [5.41, 5.74) is 8.26. The lowest BCUT2D eigenvalue weighted by atomic mass is 9.88. The Morgan fingerprint density at radius 2 is 1.32 bits per heavy atom. The standard InChI is InChI=1S/C19H19NS.C17H16O4.C4H4O4/c1-20-12-10-14(11-13-20)19-15-6-2-4-8-17(15)21-18-9-5-3-7-16(18)19;1-18-10-4-6-13-15(7-10)20-9-14-12-5-3-11(19-2)8-16(12)21-17(13)14;5-3(6)1-2-4(7)8/h2-9H,10-13H2,1H3;3-8,14,17H,9H2,1-2H3;1-2H,(H,5,6)(H,7,8). The second-order valence-corrected chi connectivity index (χ2v) is 13.2. The van der Waals surface area contributed by atoms with Crippen LogP contribution in [-0.4, -0.2) is 68.0 Å². The molecule has 0 amide bonds. The molecule has 8 rings (SSSR count). The van der Waals surface area contributed by atoms with Gasteiger partial charge in [-0.1, -0.05) is 59.8 Å². The van der Waals surface area contributed by atoms with Crippen LogP contribution in [0.3, 0.4) is 0 Å². The zero-order chi connectivity index (χ0) is 35.2. The van der Waals surface area contributed by atoms with Gasteiger partial charge < -0.3 is 34.1 Å². The number of hydrogen-bond acceptors (Lipinski definition) is 8. The topological polar surface area (TPSA) is 115 Å². The highest BCUT2D eigenvalue weighted by molar-refractivity contribution is 7.99. The number of carboxylic acids is 2. The van der Waals surface area contributed by atoms with Crippen LogP contribution in [-0.2, 0) is 9.59 Å². The van der Waals surface area contributed by atoms with Crippen LogP contribution in [0, 0.1) is 0 Å². The second kappa shape index (κ2) is 15.6. The highest BCUT2D eigenvalue weighted by Crippen LogP contribution is 2.52. The van der Waals surface area contributed by atoms with Crippen molar-refractivity contribution in [1.82, 2.24) is 4.90 Å². The van der Waals surface area contributed by atoms with Crippen molar-refractivity contribution < 1.29 is 38.7 Å². The van der Waals surface area contributed by atoms with Gasteiger partial charge in [0.15, 0.2) is 0 Å². The van der Waals surface area contributed by atoms with Crippen molar-refractivity contribution >= 4 is 29.3 Å². The fourth-order valence-electron chi connectivity index (χ4n) is 6.52. The lowest BCUT2D eigenvalue weighted by Gasteiger charge is -2.30. The predicted octanol–water partition coefficient (Wildman–Crippen LogP) is 7.70. The van der Waals surface area contributed by atoms with E-state index >= 15 is 0 Å². The molecule has 2 N–H and O–H groups in total. The summed E-state index contributed by atoms with van der Waals surface area (Å²) in [5, 5.41) is 15.6. The molecule has 1 fully saturated rings. The fourth-order valence-corrected chi connectivity index (χ4v) is 7.61. The lowest BCUT2D eigenvalue weighted by molar-refractivity contribution is -0.134. The maximum absolute atomic E-state index is 9.55. The number of carbonyl (C=O) groups is 2. The van der Waals surface area contributed by atoms with Crippen molar-refractivity contribution in [2.24, 2.45) is 0 Å². The largest absolute Gasteiger partial charge is 0.497 e. The normalized spacial score (nSPS) is 18.2. The van der Waals surface area contributed by atoms with E-state index in [1.807, 2.05) is 42.1 Å². The molecule has 50 heavy (non-hydrogen) atoms. The zero-order valence-electron chi connectivity index (χ0n) is 28.1. The maximum Gasteiger partial charge on any atom is 0.328 e. The van der Waals surface area contributed by atoms with Gasteiger partial charge in [0.1, 0.15) is 29.1 Å². The number of hydrogen-bond donors (Lipinski definition) is 2. The number of aliphatic carboxylic acids is 2. The Labute approximate surface area is 295 Å². The number of nitrogens with zero attached hydrogens (tertiary/aromatic N) is 1. The Balaban J connectivity index is 0.000000143. The first-order valence-corrected chi connectivity index (χ1v) is 17.1. The van der Waals surface area contributed by atoms with Gasteiger partial charge >= 0.3 is 11.9 Å². The number of ether oxygens (including phenoxy) is 4. The van der Waals surface area contributed by atoms with E-state index < -0.39 is 11.9 Å². The molecule has 0 radical (unpaired) electrons. The van der Waals surface area contributed by atoms with Gasteiger partial charge in [0.05, 0.1) is 26.7 Å². The predicted molar refractivity (Wildman–Crippen MR) is 192 cm³/mol. The molecule has 2 unspecified atom stereocenters. The van der Waals surface area contributed by atoms with Crippen LogP contribution < -0.4 is 18.9 Å². The van der Waals surface area contributed by atoms with Gasteiger partial charge in [-0.25, -0.2) is 9.59 Å². The number of methoxy groups -OCH3 is 2. The van der Waals surface area contributed by atoms with Crippen LogP contribution in [0.4, 0.5) is 0 Å². The first-order valence-electron chi connectivity index (χ1n) is 16.3. The summed E-state index contributed by atoms with van der Waals surface area (Å²) in [7, 11) is 5.54. The van der Waals surface area contributed by atoms with Crippen molar-refractivity contribution in [3.63, 3.8) is 0 Å². The Hall–Kier alpha value is -5.19. The average Bonchev–Trinajstić information content (AvgIpc) is 3.52. The minimum Gasteiger partial charge on any atom is -0.497 e. The number of benzene rings is 4. The van der Waals surface area contributed by atoms with Gasteiger partial charge in [-0.2, -0.15) is 0 Å². The van der Waals surface area contributed by atoms with Crippen molar-refractivity contribution in [1.29, 1.82) is 0 Å². The van der Waals surface area contributed by atoms with E-state index in [0.717, 1.165) is 28.6 Å². The number of piperidine rings is 1. The molecule has 4 aliphatic heterocycles. The summed E-state index contributed by atoms with van der Waals surface area (Å²) in [6.07, 6.45) is 3.50. The van der Waals surface area contributed by atoms with E-state index in [1.165, 1.54) is 58.0 Å². The Morgan fingerprint density at radius 3 is 1.88 bits per heavy atom. The van der Waals surface area contributed by atoms with Gasteiger partial charge in [-0.05, 0) is 66.9 Å². The van der Waals surface area contributed by atoms with Crippen molar-refractivity contribution in [3.05, 3.63) is 125 Å². The number of likely N-dealkylation sites (tertiary alicyclic amines) is 1. The van der Waals surface area contributed by atoms with Crippen LogP contribution in [0.1, 0.15) is 47.1 Å². The van der Waals surface area contributed by atoms with Crippen molar-refractivity contribution in [3.8, 4) is 23.0 Å². The molecule has 9 nitrogen and oxygen atoms in total. The molecular formula is C40H39NO8S. The molecule has 10 heteroatoms. The van der Waals surface area contributed by atoms with E-state index in [2.05, 4.69) is 66.5 Å². The number of carboxylic acid groups (broad SMARTS) is 2. The summed E-state index contributed by atoms with van der Waals surface area (Å²) >= 11 is 1.91. The SMILES string of the molecule is CN1CCC(=C2c3ccccc3Sc3ccccc32)CC1.COc1ccc2c(c1)OC1c3ccc(OC)cc3OCC21.O=C(O)C=CC(=O)O. The van der Waals surface area contributed by atoms with Crippen molar-refractivity contribution in [2.75, 3.05) is 41.0 Å². The van der Waals surface area contributed by atoms with Crippen LogP contribution >= 0.6 is 11.8 Å². The van der Waals surface area contributed by atoms with Gasteiger partial charge in [0, 0.05) is 58.3 Å². The van der Waals surface area contributed by atoms with E-state index in [9.17, 15) is 9.59 Å². The Bertz CT molecular complexity index is 1880. The molecular weight excluding hydrogens is 655 g/mol. The summed E-state index contributed by atoms with van der Waals surface area (Å²) in [5.74, 6) is 1.05. The average molecular weight is 694 g/mol.